The van der Waals surface area contributed by atoms with Crippen molar-refractivity contribution in [3.8, 4) is 5.75 Å². The van der Waals surface area contributed by atoms with Crippen LogP contribution in [0.4, 0.5) is 13.2 Å². The number of hydrogen-bond acceptors (Lipinski definition) is 3. The van der Waals surface area contributed by atoms with Gasteiger partial charge < -0.3 is 10.1 Å². The molecule has 0 radical (unpaired) electrons. The molecule has 5 nitrogen and oxygen atoms in total. The predicted octanol–water partition coefficient (Wildman–Crippen LogP) is 3.61. The van der Waals surface area contributed by atoms with Crippen LogP contribution >= 0.6 is 0 Å². The highest BCUT2D eigenvalue weighted by molar-refractivity contribution is 5.92. The zero-order chi connectivity index (χ0) is 17.9. The maximum Gasteiger partial charge on any atom is 0.416 e. The standard InChI is InChI=1S/C17H18F3N3O2/c18-17(19,20)12-4-3-7-14(10-12)25-11-23-9-8-15(22-23)16(24)21-13-5-1-2-6-13/h3-4,7-10,13H,1-2,5-6,11H2,(H,21,24). The van der Waals surface area contributed by atoms with Gasteiger partial charge >= 0.3 is 6.18 Å². The summed E-state index contributed by atoms with van der Waals surface area (Å²) in [4.78, 5) is 12.1. The molecular weight excluding hydrogens is 335 g/mol. The van der Waals surface area contributed by atoms with Crippen LogP contribution in [0.2, 0.25) is 0 Å². The molecule has 0 saturated heterocycles. The summed E-state index contributed by atoms with van der Waals surface area (Å²) in [5.74, 6) is -0.160. The maximum atomic E-state index is 12.7. The minimum Gasteiger partial charge on any atom is -0.471 e. The summed E-state index contributed by atoms with van der Waals surface area (Å²) < 4.78 is 44.7. The Morgan fingerprint density at radius 3 is 2.76 bits per heavy atom. The van der Waals surface area contributed by atoms with E-state index in [0.29, 0.717) is 0 Å². The van der Waals surface area contributed by atoms with Crippen molar-refractivity contribution in [2.75, 3.05) is 0 Å². The Bertz CT molecular complexity index is 737. The van der Waals surface area contributed by atoms with Crippen LogP contribution < -0.4 is 10.1 Å². The van der Waals surface area contributed by atoms with Gasteiger partial charge in [-0.05, 0) is 37.1 Å². The van der Waals surface area contributed by atoms with Gasteiger partial charge in [0.25, 0.3) is 5.91 Å². The normalized spacial score (nSPS) is 15.3. The van der Waals surface area contributed by atoms with E-state index in [-0.39, 0.29) is 30.1 Å². The maximum absolute atomic E-state index is 12.7. The number of carbonyl (C=O) groups excluding carboxylic acids is 1. The fourth-order valence-corrected chi connectivity index (χ4v) is 2.79. The SMILES string of the molecule is O=C(NC1CCCC1)c1ccn(COc2cccc(C(F)(F)F)c2)n1. The highest BCUT2D eigenvalue weighted by Crippen LogP contribution is 2.31. The lowest BCUT2D eigenvalue weighted by Gasteiger charge is -2.11. The number of nitrogens with zero attached hydrogens (tertiary/aromatic N) is 2. The third kappa shape index (κ3) is 4.52. The van der Waals surface area contributed by atoms with Gasteiger partial charge in [0, 0.05) is 12.2 Å². The molecule has 1 aliphatic rings. The van der Waals surface area contributed by atoms with Gasteiger partial charge in [-0.2, -0.15) is 18.3 Å². The second-order valence-electron chi connectivity index (χ2n) is 5.99. The van der Waals surface area contributed by atoms with Crippen LogP contribution in [0.1, 0.15) is 41.7 Å². The molecule has 0 unspecified atom stereocenters. The summed E-state index contributed by atoms with van der Waals surface area (Å²) in [6.45, 7) is -0.0853. The molecule has 1 heterocycles. The smallest absolute Gasteiger partial charge is 0.416 e. The molecule has 2 aromatic rings. The van der Waals surface area contributed by atoms with Gasteiger partial charge in [0.05, 0.1) is 5.56 Å². The second-order valence-corrected chi connectivity index (χ2v) is 5.99. The number of nitrogens with one attached hydrogen (secondary N) is 1. The van der Waals surface area contributed by atoms with Crippen LogP contribution in [-0.4, -0.2) is 21.7 Å². The van der Waals surface area contributed by atoms with Gasteiger partial charge in [0.1, 0.15) is 11.4 Å². The zero-order valence-electron chi connectivity index (χ0n) is 13.4. The number of ether oxygens (including phenoxy) is 1. The first-order valence-electron chi connectivity index (χ1n) is 8.06. The molecule has 0 bridgehead atoms. The van der Waals surface area contributed by atoms with Crippen molar-refractivity contribution in [3.63, 3.8) is 0 Å². The lowest BCUT2D eigenvalue weighted by Crippen LogP contribution is -2.32. The zero-order valence-corrected chi connectivity index (χ0v) is 13.4. The number of aromatic nitrogens is 2. The fraction of sp³-hybridized carbons (Fsp3) is 0.412. The second kappa shape index (κ2) is 7.16. The average Bonchev–Trinajstić information content (AvgIpc) is 3.24. The van der Waals surface area contributed by atoms with E-state index in [9.17, 15) is 18.0 Å². The van der Waals surface area contributed by atoms with Crippen LogP contribution in [0.25, 0.3) is 0 Å². The van der Waals surface area contributed by atoms with E-state index in [2.05, 4.69) is 10.4 Å². The number of carbonyl (C=O) groups is 1. The van der Waals surface area contributed by atoms with Gasteiger partial charge in [-0.25, -0.2) is 4.68 Å². The highest BCUT2D eigenvalue weighted by atomic mass is 19.4. The highest BCUT2D eigenvalue weighted by Gasteiger charge is 2.30. The van der Waals surface area contributed by atoms with Crippen molar-refractivity contribution >= 4 is 5.91 Å². The third-order valence-electron chi connectivity index (χ3n) is 4.09. The quantitative estimate of drug-likeness (QED) is 0.893. The number of benzene rings is 1. The van der Waals surface area contributed by atoms with Crippen molar-refractivity contribution in [1.82, 2.24) is 15.1 Å². The fourth-order valence-electron chi connectivity index (χ4n) is 2.79. The molecule has 1 aromatic carbocycles. The Morgan fingerprint density at radius 2 is 2.04 bits per heavy atom. The van der Waals surface area contributed by atoms with E-state index in [1.807, 2.05) is 0 Å². The molecule has 1 fully saturated rings. The van der Waals surface area contributed by atoms with Crippen molar-refractivity contribution < 1.29 is 22.7 Å². The van der Waals surface area contributed by atoms with Crippen molar-refractivity contribution in [3.05, 3.63) is 47.8 Å². The summed E-state index contributed by atoms with van der Waals surface area (Å²) in [6.07, 6.45) is 1.32. The van der Waals surface area contributed by atoms with Crippen LogP contribution in [0.15, 0.2) is 36.5 Å². The van der Waals surface area contributed by atoms with E-state index in [1.165, 1.54) is 16.8 Å². The molecule has 0 aliphatic heterocycles. The Kier molecular flexibility index (Phi) is 4.96. The van der Waals surface area contributed by atoms with Crippen LogP contribution in [0.3, 0.4) is 0 Å². The summed E-state index contributed by atoms with van der Waals surface area (Å²) in [5.41, 5.74) is -0.512. The topological polar surface area (TPSA) is 56.2 Å². The molecule has 1 N–H and O–H groups in total. The minimum absolute atomic E-state index is 0.0853. The van der Waals surface area contributed by atoms with E-state index < -0.39 is 11.7 Å². The molecule has 1 saturated carbocycles. The number of rotatable bonds is 5. The lowest BCUT2D eigenvalue weighted by molar-refractivity contribution is -0.137. The van der Waals surface area contributed by atoms with Crippen LogP contribution in [0, 0.1) is 0 Å². The number of amides is 1. The Hall–Kier alpha value is -2.51. The predicted molar refractivity (Wildman–Crippen MR) is 84.0 cm³/mol. The van der Waals surface area contributed by atoms with Gasteiger partial charge in [-0.3, -0.25) is 4.79 Å². The van der Waals surface area contributed by atoms with Crippen LogP contribution in [-0.2, 0) is 12.9 Å². The Labute approximate surface area is 142 Å². The van der Waals surface area contributed by atoms with Gasteiger partial charge in [-0.1, -0.05) is 18.9 Å². The first-order valence-corrected chi connectivity index (χ1v) is 8.06. The van der Waals surface area contributed by atoms with E-state index in [1.54, 1.807) is 12.3 Å². The number of hydrogen-bond donors (Lipinski definition) is 1. The first-order chi connectivity index (χ1) is 11.9. The van der Waals surface area contributed by atoms with Gasteiger partial charge in [0.15, 0.2) is 6.73 Å². The molecule has 3 rings (SSSR count). The molecule has 0 atom stereocenters. The Balaban J connectivity index is 1.57. The van der Waals surface area contributed by atoms with Crippen molar-refractivity contribution in [2.45, 2.75) is 44.6 Å². The molecular formula is C17H18F3N3O2. The summed E-state index contributed by atoms with van der Waals surface area (Å²) >= 11 is 0. The van der Waals surface area contributed by atoms with E-state index in [4.69, 9.17) is 4.74 Å². The van der Waals surface area contributed by atoms with E-state index >= 15 is 0 Å². The lowest BCUT2D eigenvalue weighted by atomic mass is 10.2. The minimum atomic E-state index is -4.42. The molecule has 1 aliphatic carbocycles. The van der Waals surface area contributed by atoms with Crippen molar-refractivity contribution in [1.29, 1.82) is 0 Å². The summed E-state index contributed by atoms with van der Waals surface area (Å²) in [6, 6.07) is 6.37. The monoisotopic (exact) mass is 353 g/mol. The molecule has 1 aromatic heterocycles. The van der Waals surface area contributed by atoms with Crippen LogP contribution in [0.5, 0.6) is 5.75 Å². The van der Waals surface area contributed by atoms with E-state index in [0.717, 1.165) is 37.8 Å². The summed E-state index contributed by atoms with van der Waals surface area (Å²) in [7, 11) is 0. The summed E-state index contributed by atoms with van der Waals surface area (Å²) in [5, 5.41) is 7.02. The Morgan fingerprint density at radius 1 is 1.28 bits per heavy atom. The molecule has 25 heavy (non-hydrogen) atoms. The molecule has 8 heteroatoms. The molecule has 134 valence electrons. The molecule has 0 spiro atoms. The van der Waals surface area contributed by atoms with Gasteiger partial charge in [0.2, 0.25) is 0 Å². The average molecular weight is 353 g/mol. The van der Waals surface area contributed by atoms with Crippen molar-refractivity contribution in [2.24, 2.45) is 0 Å². The number of alkyl halides is 3. The number of halogens is 3. The third-order valence-corrected chi connectivity index (χ3v) is 4.09. The largest absolute Gasteiger partial charge is 0.471 e. The first kappa shape index (κ1) is 17.3. The van der Waals surface area contributed by atoms with Gasteiger partial charge in [-0.15, -0.1) is 0 Å². The molecule has 1 amide bonds.